The van der Waals surface area contributed by atoms with Crippen LogP contribution >= 0.6 is 11.6 Å². The van der Waals surface area contributed by atoms with E-state index >= 15 is 0 Å². The van der Waals surface area contributed by atoms with Gasteiger partial charge in [0.25, 0.3) is 0 Å². The molecule has 6 nitrogen and oxygen atoms in total. The number of amides is 2. The van der Waals surface area contributed by atoms with Crippen LogP contribution in [0, 0.1) is 5.92 Å². The second-order valence-electron chi connectivity index (χ2n) is 7.60. The Morgan fingerprint density at radius 3 is 2.56 bits per heavy atom. The molecular weight excluding hydrogens is 366 g/mol. The van der Waals surface area contributed by atoms with E-state index in [-0.39, 0.29) is 23.8 Å². The first kappa shape index (κ1) is 20.0. The van der Waals surface area contributed by atoms with E-state index in [4.69, 9.17) is 16.3 Å². The SMILES string of the molecule is COc1ccc(Cl)cc1CN1CCN(C(=O)C2CC(=O)N(C(C)C)C2)CC1. The lowest BCUT2D eigenvalue weighted by molar-refractivity contribution is -0.137. The molecule has 2 amide bonds. The molecule has 0 radical (unpaired) electrons. The number of hydrogen-bond acceptors (Lipinski definition) is 4. The summed E-state index contributed by atoms with van der Waals surface area (Å²) >= 11 is 6.12. The van der Waals surface area contributed by atoms with Crippen molar-refractivity contribution in [2.75, 3.05) is 39.8 Å². The van der Waals surface area contributed by atoms with Gasteiger partial charge in [-0.25, -0.2) is 0 Å². The van der Waals surface area contributed by atoms with E-state index in [9.17, 15) is 9.59 Å². The van der Waals surface area contributed by atoms with Crippen LogP contribution in [0.4, 0.5) is 0 Å². The second kappa shape index (κ2) is 8.48. The zero-order valence-electron chi connectivity index (χ0n) is 16.3. The van der Waals surface area contributed by atoms with Crippen molar-refractivity contribution in [3.05, 3.63) is 28.8 Å². The number of carbonyl (C=O) groups is 2. The summed E-state index contributed by atoms with van der Waals surface area (Å²) in [6.45, 7) is 8.26. The minimum atomic E-state index is -0.195. The Bertz CT molecular complexity index is 702. The molecule has 0 bridgehead atoms. The van der Waals surface area contributed by atoms with Crippen LogP contribution in [0.15, 0.2) is 18.2 Å². The molecule has 7 heteroatoms. The Balaban J connectivity index is 1.54. The summed E-state index contributed by atoms with van der Waals surface area (Å²) in [6.07, 6.45) is 0.344. The van der Waals surface area contributed by atoms with Gasteiger partial charge in [-0.2, -0.15) is 0 Å². The fraction of sp³-hybridized carbons (Fsp3) is 0.600. The molecule has 2 heterocycles. The third-order valence-electron chi connectivity index (χ3n) is 5.45. The molecule has 0 N–H and O–H groups in total. The molecule has 3 rings (SSSR count). The van der Waals surface area contributed by atoms with E-state index in [1.807, 2.05) is 41.8 Å². The number of piperazine rings is 1. The third kappa shape index (κ3) is 4.55. The number of ether oxygens (including phenoxy) is 1. The molecule has 2 saturated heterocycles. The molecule has 1 atom stereocenters. The van der Waals surface area contributed by atoms with Crippen LogP contribution in [0.1, 0.15) is 25.8 Å². The van der Waals surface area contributed by atoms with Crippen molar-refractivity contribution in [1.82, 2.24) is 14.7 Å². The van der Waals surface area contributed by atoms with E-state index in [0.717, 1.165) is 30.9 Å². The van der Waals surface area contributed by atoms with E-state index in [0.29, 0.717) is 31.1 Å². The fourth-order valence-corrected chi connectivity index (χ4v) is 4.09. The lowest BCUT2D eigenvalue weighted by atomic mass is 10.1. The minimum absolute atomic E-state index is 0.0926. The first-order valence-corrected chi connectivity index (χ1v) is 9.90. The predicted molar refractivity (Wildman–Crippen MR) is 105 cm³/mol. The van der Waals surface area contributed by atoms with Crippen LogP contribution in [0.2, 0.25) is 5.02 Å². The Labute approximate surface area is 166 Å². The van der Waals surface area contributed by atoms with Gasteiger partial charge in [-0.15, -0.1) is 0 Å². The number of rotatable bonds is 5. The maximum absolute atomic E-state index is 12.8. The fourth-order valence-electron chi connectivity index (χ4n) is 3.89. The summed E-state index contributed by atoms with van der Waals surface area (Å²) in [5.74, 6) is 0.845. The molecule has 27 heavy (non-hydrogen) atoms. The Morgan fingerprint density at radius 2 is 1.96 bits per heavy atom. The Morgan fingerprint density at radius 1 is 1.26 bits per heavy atom. The van der Waals surface area contributed by atoms with E-state index in [1.165, 1.54) is 0 Å². The average Bonchev–Trinajstić information content (AvgIpc) is 3.04. The maximum Gasteiger partial charge on any atom is 0.228 e. The molecule has 0 spiro atoms. The van der Waals surface area contributed by atoms with Crippen LogP contribution in [0.3, 0.4) is 0 Å². The summed E-state index contributed by atoms with van der Waals surface area (Å²) < 4.78 is 5.42. The highest BCUT2D eigenvalue weighted by atomic mass is 35.5. The number of likely N-dealkylation sites (tertiary alicyclic amines) is 1. The van der Waals surface area contributed by atoms with Crippen molar-refractivity contribution < 1.29 is 14.3 Å². The molecule has 2 fully saturated rings. The van der Waals surface area contributed by atoms with Crippen molar-refractivity contribution in [2.45, 2.75) is 32.9 Å². The van der Waals surface area contributed by atoms with Crippen molar-refractivity contribution in [3.63, 3.8) is 0 Å². The average molecular weight is 394 g/mol. The molecule has 2 aliphatic heterocycles. The van der Waals surface area contributed by atoms with E-state index in [2.05, 4.69) is 4.90 Å². The predicted octanol–water partition coefficient (Wildman–Crippen LogP) is 2.25. The standard InChI is InChI=1S/C20H28ClN3O3/c1-14(2)24-13-16(11-19(24)25)20(26)23-8-6-22(7-9-23)12-15-10-17(21)4-5-18(15)27-3/h4-5,10,14,16H,6-9,11-13H2,1-3H3. The lowest BCUT2D eigenvalue weighted by Crippen LogP contribution is -2.50. The highest BCUT2D eigenvalue weighted by Gasteiger charge is 2.38. The smallest absolute Gasteiger partial charge is 0.228 e. The first-order chi connectivity index (χ1) is 12.9. The topological polar surface area (TPSA) is 53.1 Å². The number of hydrogen-bond donors (Lipinski definition) is 0. The van der Waals surface area contributed by atoms with Crippen molar-refractivity contribution in [3.8, 4) is 5.75 Å². The van der Waals surface area contributed by atoms with Gasteiger partial charge in [0.05, 0.1) is 13.0 Å². The number of benzene rings is 1. The largest absolute Gasteiger partial charge is 0.496 e. The third-order valence-corrected chi connectivity index (χ3v) is 5.69. The monoisotopic (exact) mass is 393 g/mol. The summed E-state index contributed by atoms with van der Waals surface area (Å²) in [7, 11) is 1.66. The normalized spacial score (nSPS) is 21.2. The van der Waals surface area contributed by atoms with E-state index in [1.54, 1.807) is 7.11 Å². The summed E-state index contributed by atoms with van der Waals surface area (Å²) in [5.41, 5.74) is 1.05. The van der Waals surface area contributed by atoms with Crippen LogP contribution < -0.4 is 4.74 Å². The van der Waals surface area contributed by atoms with Gasteiger partial charge in [0.2, 0.25) is 11.8 Å². The van der Waals surface area contributed by atoms with Crippen LogP contribution in [0.5, 0.6) is 5.75 Å². The molecule has 1 aromatic rings. The Kier molecular flexibility index (Phi) is 6.27. The van der Waals surface area contributed by atoms with Gasteiger partial charge in [0.15, 0.2) is 0 Å². The van der Waals surface area contributed by atoms with Gasteiger partial charge in [-0.1, -0.05) is 11.6 Å². The van der Waals surface area contributed by atoms with Crippen molar-refractivity contribution >= 4 is 23.4 Å². The molecule has 1 aromatic carbocycles. The van der Waals surface area contributed by atoms with Crippen LogP contribution in [-0.2, 0) is 16.1 Å². The molecule has 2 aliphatic rings. The molecule has 148 valence electrons. The first-order valence-electron chi connectivity index (χ1n) is 9.52. The van der Waals surface area contributed by atoms with Crippen molar-refractivity contribution in [1.29, 1.82) is 0 Å². The number of methoxy groups -OCH3 is 1. The maximum atomic E-state index is 12.8. The van der Waals surface area contributed by atoms with Gasteiger partial charge in [0.1, 0.15) is 5.75 Å². The molecular formula is C20H28ClN3O3. The van der Waals surface area contributed by atoms with Crippen molar-refractivity contribution in [2.24, 2.45) is 5.92 Å². The summed E-state index contributed by atoms with van der Waals surface area (Å²) in [6, 6.07) is 5.79. The molecule has 0 aromatic heterocycles. The molecule has 0 saturated carbocycles. The molecule has 1 unspecified atom stereocenters. The highest BCUT2D eigenvalue weighted by molar-refractivity contribution is 6.30. The summed E-state index contributed by atoms with van der Waals surface area (Å²) in [4.78, 5) is 30.9. The van der Waals surface area contributed by atoms with E-state index < -0.39 is 0 Å². The zero-order valence-corrected chi connectivity index (χ0v) is 17.0. The lowest BCUT2D eigenvalue weighted by Gasteiger charge is -2.36. The molecule has 0 aliphatic carbocycles. The zero-order chi connectivity index (χ0) is 19.6. The van der Waals surface area contributed by atoms with Gasteiger partial charge >= 0.3 is 0 Å². The van der Waals surface area contributed by atoms with Crippen LogP contribution in [-0.4, -0.2) is 72.4 Å². The van der Waals surface area contributed by atoms with Crippen LogP contribution in [0.25, 0.3) is 0 Å². The quantitative estimate of drug-likeness (QED) is 0.770. The number of nitrogens with zero attached hydrogens (tertiary/aromatic N) is 3. The van der Waals surface area contributed by atoms with Gasteiger partial charge in [-0.3, -0.25) is 14.5 Å². The van der Waals surface area contributed by atoms with Gasteiger partial charge < -0.3 is 14.5 Å². The number of halogens is 1. The van der Waals surface area contributed by atoms with Gasteiger partial charge in [0, 0.05) is 62.3 Å². The Hall–Kier alpha value is -1.79. The minimum Gasteiger partial charge on any atom is -0.496 e. The van der Waals surface area contributed by atoms with Gasteiger partial charge in [-0.05, 0) is 32.0 Å². The highest BCUT2D eigenvalue weighted by Crippen LogP contribution is 2.26. The summed E-state index contributed by atoms with van der Waals surface area (Å²) in [5, 5.41) is 0.695. The second-order valence-corrected chi connectivity index (χ2v) is 8.03. The number of carbonyl (C=O) groups excluding carboxylic acids is 2.